The highest BCUT2D eigenvalue weighted by molar-refractivity contribution is 7.90. The third kappa shape index (κ3) is 4.29. The number of rotatable bonds is 5. The van der Waals surface area contributed by atoms with Crippen molar-refractivity contribution < 1.29 is 26.8 Å². The minimum Gasteiger partial charge on any atom is -0.467 e. The van der Waals surface area contributed by atoms with E-state index in [4.69, 9.17) is 20.8 Å². The third-order valence-corrected chi connectivity index (χ3v) is 6.93. The number of amides is 1. The summed E-state index contributed by atoms with van der Waals surface area (Å²) in [6.45, 7) is 5.15. The van der Waals surface area contributed by atoms with Gasteiger partial charge in [0, 0.05) is 0 Å². The monoisotopic (exact) mass is 492 g/mol. The number of ether oxygens (including phenoxy) is 1. The van der Waals surface area contributed by atoms with E-state index in [1.165, 1.54) is 6.26 Å². The molecule has 0 atom stereocenters. The average Bonchev–Trinajstić information content (AvgIpc) is 3.33. The summed E-state index contributed by atoms with van der Waals surface area (Å²) in [4.78, 5) is 19.9. The maximum Gasteiger partial charge on any atom is 0.414 e. The summed E-state index contributed by atoms with van der Waals surface area (Å²) in [5.41, 5.74) is 1.50. The highest BCUT2D eigenvalue weighted by atomic mass is 35.5. The molecule has 0 fully saturated rings. The van der Waals surface area contributed by atoms with Crippen LogP contribution in [-0.2, 0) is 16.6 Å². The van der Waals surface area contributed by atoms with E-state index in [-0.39, 0.29) is 17.1 Å². The second-order valence-corrected chi connectivity index (χ2v) is 9.41. The molecule has 0 saturated carbocycles. The van der Waals surface area contributed by atoms with E-state index in [1.807, 2.05) is 6.92 Å². The van der Waals surface area contributed by atoms with Gasteiger partial charge in [-0.3, -0.25) is 0 Å². The van der Waals surface area contributed by atoms with Crippen LogP contribution in [0.4, 0.5) is 9.18 Å². The molecule has 0 aliphatic heterocycles. The standard InChI is InChI=1S/C21H18ClFN4O5S/c1-11-7-12(2)17(13(3)8-11)33(29,30)27-10-15(23)16-18(27)25-20(22)26-19(16)32-21(28)24-9-14-5-4-6-31-14/h4-8,10H,9H2,1-3H3,(H,24,28). The number of benzene rings is 1. The first-order valence-electron chi connectivity index (χ1n) is 9.63. The Bertz CT molecular complexity index is 1460. The van der Waals surface area contributed by atoms with Crippen LogP contribution in [0.2, 0.25) is 5.28 Å². The van der Waals surface area contributed by atoms with Gasteiger partial charge in [0.1, 0.15) is 11.1 Å². The van der Waals surface area contributed by atoms with Gasteiger partial charge >= 0.3 is 6.09 Å². The molecule has 33 heavy (non-hydrogen) atoms. The largest absolute Gasteiger partial charge is 0.467 e. The summed E-state index contributed by atoms with van der Waals surface area (Å²) in [7, 11) is -4.27. The second kappa shape index (κ2) is 8.49. The molecule has 0 saturated heterocycles. The number of carbonyl (C=O) groups excluding carboxylic acids is 1. The Morgan fingerprint density at radius 2 is 1.94 bits per heavy atom. The maximum absolute atomic E-state index is 14.9. The van der Waals surface area contributed by atoms with E-state index < -0.39 is 38.5 Å². The lowest BCUT2D eigenvalue weighted by atomic mass is 10.1. The van der Waals surface area contributed by atoms with Gasteiger partial charge in [-0.1, -0.05) is 17.7 Å². The van der Waals surface area contributed by atoms with Crippen molar-refractivity contribution >= 4 is 38.8 Å². The van der Waals surface area contributed by atoms with Gasteiger partial charge in [-0.2, -0.15) is 9.97 Å². The molecule has 12 heteroatoms. The Balaban J connectivity index is 1.77. The highest BCUT2D eigenvalue weighted by Gasteiger charge is 2.29. The Morgan fingerprint density at radius 3 is 2.58 bits per heavy atom. The zero-order valence-electron chi connectivity index (χ0n) is 17.7. The average molecular weight is 493 g/mol. The van der Waals surface area contributed by atoms with E-state index in [0.29, 0.717) is 20.9 Å². The van der Waals surface area contributed by atoms with Crippen LogP contribution in [0.25, 0.3) is 11.0 Å². The van der Waals surface area contributed by atoms with Gasteiger partial charge < -0.3 is 14.5 Å². The van der Waals surface area contributed by atoms with Gasteiger partial charge in [-0.25, -0.2) is 21.6 Å². The number of aryl methyl sites for hydroxylation is 3. The van der Waals surface area contributed by atoms with Crippen molar-refractivity contribution in [2.75, 3.05) is 0 Å². The Morgan fingerprint density at radius 1 is 1.24 bits per heavy atom. The molecule has 3 aromatic heterocycles. The van der Waals surface area contributed by atoms with Crippen molar-refractivity contribution in [2.24, 2.45) is 0 Å². The Kier molecular flexibility index (Phi) is 5.85. The maximum atomic E-state index is 14.9. The second-order valence-electron chi connectivity index (χ2n) is 7.32. The Labute approximate surface area is 193 Å². The van der Waals surface area contributed by atoms with Gasteiger partial charge in [0.2, 0.25) is 11.2 Å². The van der Waals surface area contributed by atoms with Gasteiger partial charge in [0.15, 0.2) is 11.5 Å². The minimum absolute atomic E-state index is 0.0116. The molecule has 9 nitrogen and oxygen atoms in total. The molecule has 0 bridgehead atoms. The molecular weight excluding hydrogens is 475 g/mol. The first-order chi connectivity index (χ1) is 15.6. The van der Waals surface area contributed by atoms with E-state index in [0.717, 1.165) is 11.8 Å². The molecule has 0 aliphatic carbocycles. The van der Waals surface area contributed by atoms with Crippen molar-refractivity contribution in [2.45, 2.75) is 32.2 Å². The molecule has 3 heterocycles. The number of aromatic nitrogens is 3. The smallest absolute Gasteiger partial charge is 0.414 e. The fourth-order valence-corrected chi connectivity index (χ4v) is 5.50. The number of fused-ring (bicyclic) bond motifs is 1. The van der Waals surface area contributed by atoms with E-state index in [2.05, 4.69) is 15.3 Å². The van der Waals surface area contributed by atoms with E-state index >= 15 is 0 Å². The topological polar surface area (TPSA) is 116 Å². The van der Waals surface area contributed by atoms with Crippen LogP contribution in [0, 0.1) is 26.6 Å². The molecular formula is C21H18ClFN4O5S. The van der Waals surface area contributed by atoms with Crippen molar-refractivity contribution in [1.82, 2.24) is 19.3 Å². The number of carbonyl (C=O) groups is 1. The summed E-state index contributed by atoms with van der Waals surface area (Å²) in [5.74, 6) is -1.06. The van der Waals surface area contributed by atoms with Gasteiger partial charge in [-0.05, 0) is 55.6 Å². The summed E-state index contributed by atoms with van der Waals surface area (Å²) in [5, 5.41) is 1.58. The van der Waals surface area contributed by atoms with Crippen LogP contribution in [0.5, 0.6) is 5.88 Å². The molecule has 0 unspecified atom stereocenters. The SMILES string of the molecule is Cc1cc(C)c(S(=O)(=O)n2cc(F)c3c(OC(=O)NCc4ccco4)nc(Cl)nc32)c(C)c1. The first kappa shape index (κ1) is 22.7. The first-order valence-corrected chi connectivity index (χ1v) is 11.5. The van der Waals surface area contributed by atoms with Crippen LogP contribution >= 0.6 is 11.6 Å². The molecule has 1 amide bonds. The lowest BCUT2D eigenvalue weighted by Gasteiger charge is -2.13. The number of hydrogen-bond donors (Lipinski definition) is 1. The summed E-state index contributed by atoms with van der Waals surface area (Å²) in [6, 6.07) is 6.70. The number of nitrogens with zero attached hydrogens (tertiary/aromatic N) is 3. The van der Waals surface area contributed by atoms with Crippen LogP contribution in [0.15, 0.2) is 46.0 Å². The lowest BCUT2D eigenvalue weighted by molar-refractivity contribution is 0.197. The Hall–Kier alpha value is -3.44. The van der Waals surface area contributed by atoms with Crippen molar-refractivity contribution in [1.29, 1.82) is 0 Å². The van der Waals surface area contributed by atoms with Crippen LogP contribution in [-0.4, -0.2) is 28.5 Å². The highest BCUT2D eigenvalue weighted by Crippen LogP contribution is 2.32. The molecule has 4 aromatic rings. The van der Waals surface area contributed by atoms with Gasteiger partial charge in [0.25, 0.3) is 10.0 Å². The fraction of sp³-hybridized carbons (Fsp3) is 0.190. The summed E-state index contributed by atoms with van der Waals surface area (Å²) in [6.07, 6.45) is 1.21. The van der Waals surface area contributed by atoms with E-state index in [1.54, 1.807) is 38.1 Å². The van der Waals surface area contributed by atoms with Crippen molar-refractivity contribution in [3.63, 3.8) is 0 Å². The van der Waals surface area contributed by atoms with Crippen molar-refractivity contribution in [3.8, 4) is 5.88 Å². The molecule has 172 valence electrons. The van der Waals surface area contributed by atoms with Gasteiger partial charge in [-0.15, -0.1) is 0 Å². The van der Waals surface area contributed by atoms with Crippen molar-refractivity contribution in [3.05, 3.63) is 70.3 Å². The number of nitrogens with one attached hydrogen (secondary N) is 1. The zero-order valence-corrected chi connectivity index (χ0v) is 19.3. The molecule has 0 spiro atoms. The summed E-state index contributed by atoms with van der Waals surface area (Å²) < 4.78 is 52.7. The molecule has 1 N–H and O–H groups in total. The number of halogens is 2. The number of hydrogen-bond acceptors (Lipinski definition) is 7. The summed E-state index contributed by atoms with van der Waals surface area (Å²) >= 11 is 5.95. The predicted molar refractivity (Wildman–Crippen MR) is 117 cm³/mol. The third-order valence-electron chi connectivity index (χ3n) is 4.81. The molecule has 4 rings (SSSR count). The molecule has 0 radical (unpaired) electrons. The lowest BCUT2D eigenvalue weighted by Crippen LogP contribution is -2.26. The van der Waals surface area contributed by atoms with Gasteiger partial charge in [0.05, 0.1) is 23.9 Å². The fourth-order valence-electron chi connectivity index (χ4n) is 3.63. The molecule has 0 aliphatic rings. The molecule has 1 aromatic carbocycles. The van der Waals surface area contributed by atoms with Crippen LogP contribution in [0.3, 0.4) is 0 Å². The quantitative estimate of drug-likeness (QED) is 0.413. The number of furan rings is 1. The zero-order chi connectivity index (χ0) is 23.9. The predicted octanol–water partition coefficient (Wildman–Crippen LogP) is 4.27. The van der Waals surface area contributed by atoms with Crippen LogP contribution in [0.1, 0.15) is 22.5 Å². The van der Waals surface area contributed by atoms with E-state index in [9.17, 15) is 17.6 Å². The van der Waals surface area contributed by atoms with Crippen LogP contribution < -0.4 is 10.1 Å². The normalized spacial score (nSPS) is 11.7. The minimum atomic E-state index is -4.27.